The zero-order valence-electron chi connectivity index (χ0n) is 10.3. The molecule has 0 bridgehead atoms. The first-order valence-electron chi connectivity index (χ1n) is 5.44. The predicted octanol–water partition coefficient (Wildman–Crippen LogP) is 2.28. The molecular formula is C12H18BrNO2S. The number of sulfone groups is 1. The van der Waals surface area contributed by atoms with Crippen LogP contribution in [-0.2, 0) is 16.4 Å². The van der Waals surface area contributed by atoms with Gasteiger partial charge in [-0.15, -0.1) is 0 Å². The molecule has 0 aromatic heterocycles. The number of benzene rings is 1. The maximum Gasteiger partial charge on any atom is 0.148 e. The standard InChI is InChI=1S/C12H18BrNO2S/c1-9-4-5-11(6-12(9)13)7-14-10(2)8-17(3,15)16/h4-6,10,14H,7-8H2,1-3H3. The Balaban J connectivity index is 2.53. The molecule has 5 heteroatoms. The summed E-state index contributed by atoms with van der Waals surface area (Å²) in [7, 11) is -2.91. The van der Waals surface area contributed by atoms with Gasteiger partial charge in [-0.1, -0.05) is 28.1 Å². The molecule has 1 aromatic carbocycles. The lowest BCUT2D eigenvalue weighted by atomic mass is 10.1. The molecule has 1 rings (SSSR count). The number of aryl methyl sites for hydroxylation is 1. The average molecular weight is 320 g/mol. The molecule has 0 heterocycles. The second-order valence-corrected chi connectivity index (χ2v) is 7.50. The first-order chi connectivity index (χ1) is 7.78. The molecule has 17 heavy (non-hydrogen) atoms. The molecular weight excluding hydrogens is 302 g/mol. The molecule has 1 aromatic rings. The van der Waals surface area contributed by atoms with Gasteiger partial charge in [0.05, 0.1) is 5.75 Å². The van der Waals surface area contributed by atoms with Crippen LogP contribution in [-0.4, -0.2) is 26.5 Å². The van der Waals surface area contributed by atoms with Gasteiger partial charge >= 0.3 is 0 Å². The van der Waals surface area contributed by atoms with E-state index in [4.69, 9.17) is 0 Å². The van der Waals surface area contributed by atoms with Crippen molar-refractivity contribution in [1.29, 1.82) is 0 Å². The minimum absolute atomic E-state index is 0.0370. The summed E-state index contributed by atoms with van der Waals surface area (Å²) in [6, 6.07) is 6.10. The third kappa shape index (κ3) is 5.66. The van der Waals surface area contributed by atoms with Gasteiger partial charge in [0.1, 0.15) is 9.84 Å². The van der Waals surface area contributed by atoms with E-state index >= 15 is 0 Å². The molecule has 0 aliphatic rings. The van der Waals surface area contributed by atoms with Crippen molar-refractivity contribution in [2.75, 3.05) is 12.0 Å². The molecule has 0 amide bonds. The van der Waals surface area contributed by atoms with Crippen LogP contribution in [0.5, 0.6) is 0 Å². The highest BCUT2D eigenvalue weighted by molar-refractivity contribution is 9.10. The van der Waals surface area contributed by atoms with E-state index in [0.717, 1.165) is 10.0 Å². The van der Waals surface area contributed by atoms with Gasteiger partial charge in [-0.25, -0.2) is 8.42 Å². The number of hydrogen-bond donors (Lipinski definition) is 1. The Morgan fingerprint density at radius 1 is 1.41 bits per heavy atom. The molecule has 0 spiro atoms. The molecule has 0 saturated heterocycles. The summed E-state index contributed by atoms with van der Waals surface area (Å²) in [6.45, 7) is 4.59. The van der Waals surface area contributed by atoms with Crippen molar-refractivity contribution < 1.29 is 8.42 Å². The van der Waals surface area contributed by atoms with E-state index in [1.54, 1.807) is 0 Å². The third-order valence-corrected chi connectivity index (χ3v) is 4.40. The van der Waals surface area contributed by atoms with Crippen LogP contribution in [0, 0.1) is 6.92 Å². The Kier molecular flexibility index (Phi) is 5.16. The van der Waals surface area contributed by atoms with Gasteiger partial charge < -0.3 is 5.32 Å². The molecule has 3 nitrogen and oxygen atoms in total. The normalized spacial score (nSPS) is 13.6. The Hall–Kier alpha value is -0.390. The molecule has 0 saturated carbocycles. The number of rotatable bonds is 5. The SMILES string of the molecule is Cc1ccc(CNC(C)CS(C)(=O)=O)cc1Br. The van der Waals surface area contributed by atoms with Crippen molar-refractivity contribution in [3.63, 3.8) is 0 Å². The third-order valence-electron chi connectivity index (χ3n) is 2.44. The quantitative estimate of drug-likeness (QED) is 0.905. The maximum atomic E-state index is 11.1. The minimum atomic E-state index is -2.91. The summed E-state index contributed by atoms with van der Waals surface area (Å²) in [5, 5.41) is 3.20. The molecule has 0 aliphatic heterocycles. The zero-order valence-corrected chi connectivity index (χ0v) is 12.7. The van der Waals surface area contributed by atoms with Crippen LogP contribution in [0.4, 0.5) is 0 Å². The van der Waals surface area contributed by atoms with Crippen LogP contribution in [0.3, 0.4) is 0 Å². The van der Waals surface area contributed by atoms with Crippen molar-refractivity contribution >= 4 is 25.8 Å². The molecule has 0 radical (unpaired) electrons. The first kappa shape index (κ1) is 14.7. The summed E-state index contributed by atoms with van der Waals surface area (Å²) in [5.41, 5.74) is 2.33. The number of halogens is 1. The van der Waals surface area contributed by atoms with E-state index in [0.29, 0.717) is 6.54 Å². The summed E-state index contributed by atoms with van der Waals surface area (Å²) >= 11 is 3.48. The summed E-state index contributed by atoms with van der Waals surface area (Å²) in [4.78, 5) is 0. The lowest BCUT2D eigenvalue weighted by Gasteiger charge is -2.13. The fourth-order valence-electron chi connectivity index (χ4n) is 1.55. The Morgan fingerprint density at radius 2 is 2.06 bits per heavy atom. The van der Waals surface area contributed by atoms with Crippen LogP contribution in [0.2, 0.25) is 0 Å². The highest BCUT2D eigenvalue weighted by atomic mass is 79.9. The van der Waals surface area contributed by atoms with E-state index in [2.05, 4.69) is 27.3 Å². The minimum Gasteiger partial charge on any atom is -0.309 e. The predicted molar refractivity (Wildman–Crippen MR) is 74.9 cm³/mol. The van der Waals surface area contributed by atoms with E-state index in [-0.39, 0.29) is 11.8 Å². The molecule has 1 unspecified atom stereocenters. The Morgan fingerprint density at radius 3 is 2.59 bits per heavy atom. The van der Waals surface area contributed by atoms with Gasteiger partial charge in [-0.3, -0.25) is 0 Å². The van der Waals surface area contributed by atoms with E-state index in [1.165, 1.54) is 11.8 Å². The first-order valence-corrected chi connectivity index (χ1v) is 8.29. The van der Waals surface area contributed by atoms with Gasteiger partial charge in [0, 0.05) is 23.3 Å². The Bertz CT molecular complexity index is 485. The highest BCUT2D eigenvalue weighted by Gasteiger charge is 2.09. The maximum absolute atomic E-state index is 11.1. The van der Waals surface area contributed by atoms with Crippen LogP contribution in [0.1, 0.15) is 18.1 Å². The smallest absolute Gasteiger partial charge is 0.148 e. The van der Waals surface area contributed by atoms with Gasteiger partial charge in [-0.2, -0.15) is 0 Å². The van der Waals surface area contributed by atoms with Crippen molar-refractivity contribution in [3.05, 3.63) is 33.8 Å². The molecule has 96 valence electrons. The fraction of sp³-hybridized carbons (Fsp3) is 0.500. The van der Waals surface area contributed by atoms with Gasteiger partial charge in [-0.05, 0) is 31.0 Å². The lowest BCUT2D eigenvalue weighted by Crippen LogP contribution is -2.32. The topological polar surface area (TPSA) is 46.2 Å². The second kappa shape index (κ2) is 5.98. The summed E-state index contributed by atoms with van der Waals surface area (Å²) in [6.07, 6.45) is 1.26. The lowest BCUT2D eigenvalue weighted by molar-refractivity contribution is 0.560. The largest absolute Gasteiger partial charge is 0.309 e. The van der Waals surface area contributed by atoms with Gasteiger partial charge in [0.25, 0.3) is 0 Å². The molecule has 1 atom stereocenters. The van der Waals surface area contributed by atoms with Crippen molar-refractivity contribution in [2.45, 2.75) is 26.4 Å². The second-order valence-electron chi connectivity index (χ2n) is 4.46. The number of nitrogens with one attached hydrogen (secondary N) is 1. The average Bonchev–Trinajstić information content (AvgIpc) is 2.17. The van der Waals surface area contributed by atoms with Crippen molar-refractivity contribution in [3.8, 4) is 0 Å². The van der Waals surface area contributed by atoms with Crippen molar-refractivity contribution in [2.24, 2.45) is 0 Å². The van der Waals surface area contributed by atoms with Crippen LogP contribution in [0.15, 0.2) is 22.7 Å². The van der Waals surface area contributed by atoms with Crippen LogP contribution < -0.4 is 5.32 Å². The van der Waals surface area contributed by atoms with E-state index in [1.807, 2.05) is 26.0 Å². The van der Waals surface area contributed by atoms with E-state index in [9.17, 15) is 8.42 Å². The summed E-state index contributed by atoms with van der Waals surface area (Å²) < 4.78 is 23.3. The monoisotopic (exact) mass is 319 g/mol. The van der Waals surface area contributed by atoms with Crippen LogP contribution >= 0.6 is 15.9 Å². The fourth-order valence-corrected chi connectivity index (χ4v) is 3.00. The van der Waals surface area contributed by atoms with Gasteiger partial charge in [0.15, 0.2) is 0 Å². The van der Waals surface area contributed by atoms with Crippen LogP contribution in [0.25, 0.3) is 0 Å². The van der Waals surface area contributed by atoms with E-state index < -0.39 is 9.84 Å². The van der Waals surface area contributed by atoms with Gasteiger partial charge in [0.2, 0.25) is 0 Å². The molecule has 0 aliphatic carbocycles. The van der Waals surface area contributed by atoms with Crippen molar-refractivity contribution in [1.82, 2.24) is 5.32 Å². The number of hydrogen-bond acceptors (Lipinski definition) is 3. The highest BCUT2D eigenvalue weighted by Crippen LogP contribution is 2.17. The zero-order chi connectivity index (χ0) is 13.1. The summed E-state index contributed by atoms with van der Waals surface area (Å²) in [5.74, 6) is 0.167. The Labute approximate surface area is 112 Å². The molecule has 0 fully saturated rings. The molecule has 1 N–H and O–H groups in total.